The third kappa shape index (κ3) is 3.57. The minimum atomic E-state index is -0.620. The van der Waals surface area contributed by atoms with Gasteiger partial charge in [-0.1, -0.05) is 12.1 Å². The number of rotatable bonds is 6. The van der Waals surface area contributed by atoms with Gasteiger partial charge in [0.05, 0.1) is 0 Å². The zero-order chi connectivity index (χ0) is 17.8. The fraction of sp³-hybridized carbons (Fsp3) is 0.263. The second-order valence-electron chi connectivity index (χ2n) is 5.53. The number of ether oxygens (including phenoxy) is 1. The number of nitrogens with zero attached hydrogens (tertiary/aromatic N) is 2. The molecule has 6 nitrogen and oxygen atoms in total. The summed E-state index contributed by atoms with van der Waals surface area (Å²) < 4.78 is 10.7. The molecule has 6 heteroatoms. The average molecular weight is 340 g/mol. The van der Waals surface area contributed by atoms with Crippen molar-refractivity contribution in [3.63, 3.8) is 0 Å². The average Bonchev–Trinajstić information content (AvgIpc) is 3.04. The van der Waals surface area contributed by atoms with Gasteiger partial charge in [-0.2, -0.15) is 0 Å². The van der Waals surface area contributed by atoms with Crippen molar-refractivity contribution in [2.24, 2.45) is 0 Å². The molecule has 0 fully saturated rings. The number of hydrogen-bond acceptors (Lipinski definition) is 6. The summed E-state index contributed by atoms with van der Waals surface area (Å²) in [4.78, 5) is 18.5. The standard InChI is InChI=1S/C19H20N2O4/c1-3-21(4-2)13-9-10-14(16(22)11-13)19(23)24-12-18-20-15-7-5-6-8-17(15)25-18/h5-11,22H,3-4,12H2,1-2H3. The molecule has 0 bridgehead atoms. The topological polar surface area (TPSA) is 75.8 Å². The van der Waals surface area contributed by atoms with E-state index < -0.39 is 5.97 Å². The fourth-order valence-corrected chi connectivity index (χ4v) is 2.66. The van der Waals surface area contributed by atoms with Crippen molar-refractivity contribution in [2.45, 2.75) is 20.5 Å². The van der Waals surface area contributed by atoms with Gasteiger partial charge in [0.1, 0.15) is 16.8 Å². The van der Waals surface area contributed by atoms with Gasteiger partial charge in [-0.25, -0.2) is 9.78 Å². The van der Waals surface area contributed by atoms with Crippen LogP contribution in [-0.2, 0) is 11.3 Å². The van der Waals surface area contributed by atoms with Crippen LogP contribution >= 0.6 is 0 Å². The number of esters is 1. The molecule has 0 aliphatic rings. The third-order valence-electron chi connectivity index (χ3n) is 3.99. The molecule has 0 aliphatic heterocycles. The molecule has 1 N–H and O–H groups in total. The molecular formula is C19H20N2O4. The first kappa shape index (κ1) is 16.8. The Morgan fingerprint density at radius 3 is 2.64 bits per heavy atom. The number of phenols is 1. The van der Waals surface area contributed by atoms with Crippen molar-refractivity contribution in [2.75, 3.05) is 18.0 Å². The molecule has 3 aromatic rings. The number of hydrogen-bond donors (Lipinski definition) is 1. The summed E-state index contributed by atoms with van der Waals surface area (Å²) in [6.45, 7) is 5.60. The molecule has 0 unspecified atom stereocenters. The van der Waals surface area contributed by atoms with E-state index in [0.29, 0.717) is 17.0 Å². The Bertz CT molecular complexity index is 851. The normalized spacial score (nSPS) is 10.8. The summed E-state index contributed by atoms with van der Waals surface area (Å²) in [6, 6.07) is 12.3. The number of phenolic OH excluding ortho intramolecular Hbond substituents is 1. The van der Waals surface area contributed by atoms with Crippen LogP contribution in [0, 0.1) is 0 Å². The van der Waals surface area contributed by atoms with Gasteiger partial charge in [-0.3, -0.25) is 0 Å². The Morgan fingerprint density at radius 1 is 1.20 bits per heavy atom. The van der Waals surface area contributed by atoms with Crippen molar-refractivity contribution in [1.82, 2.24) is 4.98 Å². The first-order valence-corrected chi connectivity index (χ1v) is 8.22. The van der Waals surface area contributed by atoms with Crippen LogP contribution in [0.3, 0.4) is 0 Å². The van der Waals surface area contributed by atoms with Crippen LogP contribution in [0.4, 0.5) is 5.69 Å². The lowest BCUT2D eigenvalue weighted by atomic mass is 10.1. The summed E-state index contributed by atoms with van der Waals surface area (Å²) >= 11 is 0. The second kappa shape index (κ2) is 7.25. The predicted octanol–water partition coefficient (Wildman–Crippen LogP) is 3.74. The molecular weight excluding hydrogens is 320 g/mol. The monoisotopic (exact) mass is 340 g/mol. The smallest absolute Gasteiger partial charge is 0.342 e. The Kier molecular flexibility index (Phi) is 4.88. The van der Waals surface area contributed by atoms with E-state index in [0.717, 1.165) is 18.8 Å². The van der Waals surface area contributed by atoms with E-state index in [4.69, 9.17) is 9.15 Å². The molecule has 0 aliphatic carbocycles. The molecule has 0 saturated heterocycles. The van der Waals surface area contributed by atoms with Gasteiger partial charge >= 0.3 is 5.97 Å². The van der Waals surface area contributed by atoms with Crippen LogP contribution in [0.5, 0.6) is 5.75 Å². The maximum atomic E-state index is 12.2. The molecule has 1 aromatic heterocycles. The van der Waals surface area contributed by atoms with Crippen LogP contribution in [0.25, 0.3) is 11.1 Å². The largest absolute Gasteiger partial charge is 0.507 e. The summed E-state index contributed by atoms with van der Waals surface area (Å²) in [5.74, 6) is -0.411. The molecule has 0 amide bonds. The second-order valence-corrected chi connectivity index (χ2v) is 5.53. The molecule has 1 heterocycles. The van der Waals surface area contributed by atoms with Crippen LogP contribution in [0.2, 0.25) is 0 Å². The number of carbonyl (C=O) groups excluding carboxylic acids is 1. The molecule has 3 rings (SSSR count). The maximum Gasteiger partial charge on any atom is 0.342 e. The van der Waals surface area contributed by atoms with Gasteiger partial charge < -0.3 is 19.2 Å². The van der Waals surface area contributed by atoms with E-state index >= 15 is 0 Å². The van der Waals surface area contributed by atoms with Crippen LogP contribution < -0.4 is 4.90 Å². The third-order valence-corrected chi connectivity index (χ3v) is 3.99. The highest BCUT2D eigenvalue weighted by Gasteiger charge is 2.16. The number of oxazole rings is 1. The molecule has 2 aromatic carbocycles. The Morgan fingerprint density at radius 2 is 1.96 bits per heavy atom. The van der Waals surface area contributed by atoms with E-state index in [9.17, 15) is 9.90 Å². The minimum Gasteiger partial charge on any atom is -0.507 e. The van der Waals surface area contributed by atoms with Crippen molar-refractivity contribution in [1.29, 1.82) is 0 Å². The van der Waals surface area contributed by atoms with Gasteiger partial charge in [0.15, 0.2) is 12.2 Å². The number of aromatic nitrogens is 1. The summed E-state index contributed by atoms with van der Waals surface area (Å²) in [6.07, 6.45) is 0. The lowest BCUT2D eigenvalue weighted by molar-refractivity contribution is 0.0437. The number of fused-ring (bicyclic) bond motifs is 1. The zero-order valence-corrected chi connectivity index (χ0v) is 14.2. The first-order valence-electron chi connectivity index (χ1n) is 8.22. The van der Waals surface area contributed by atoms with Gasteiger partial charge in [0.2, 0.25) is 5.89 Å². The zero-order valence-electron chi connectivity index (χ0n) is 14.2. The number of benzene rings is 2. The molecule has 0 spiro atoms. The molecule has 0 radical (unpaired) electrons. The number of carbonyl (C=O) groups is 1. The van der Waals surface area contributed by atoms with E-state index in [1.165, 1.54) is 0 Å². The quantitative estimate of drug-likeness (QED) is 0.689. The molecule has 0 saturated carbocycles. The van der Waals surface area contributed by atoms with Crippen molar-refractivity contribution >= 4 is 22.8 Å². The lowest BCUT2D eigenvalue weighted by Crippen LogP contribution is -2.21. The van der Waals surface area contributed by atoms with E-state index in [1.54, 1.807) is 24.3 Å². The summed E-state index contributed by atoms with van der Waals surface area (Å²) in [5, 5.41) is 10.1. The summed E-state index contributed by atoms with van der Waals surface area (Å²) in [7, 11) is 0. The van der Waals surface area contributed by atoms with E-state index in [1.807, 2.05) is 32.0 Å². The summed E-state index contributed by atoms with van der Waals surface area (Å²) in [5.41, 5.74) is 2.32. The Labute approximate surface area is 145 Å². The minimum absolute atomic E-state index is 0.0925. The van der Waals surface area contributed by atoms with Gasteiger partial charge in [0.25, 0.3) is 0 Å². The highest BCUT2D eigenvalue weighted by Crippen LogP contribution is 2.25. The van der Waals surface area contributed by atoms with Crippen LogP contribution in [-0.4, -0.2) is 29.1 Å². The number of para-hydroxylation sites is 2. The fourth-order valence-electron chi connectivity index (χ4n) is 2.66. The van der Waals surface area contributed by atoms with Gasteiger partial charge in [0, 0.05) is 24.8 Å². The van der Waals surface area contributed by atoms with E-state index in [-0.39, 0.29) is 17.9 Å². The highest BCUT2D eigenvalue weighted by molar-refractivity contribution is 5.93. The molecule has 0 atom stereocenters. The van der Waals surface area contributed by atoms with Gasteiger partial charge in [-0.15, -0.1) is 0 Å². The Balaban J connectivity index is 1.70. The van der Waals surface area contributed by atoms with Gasteiger partial charge in [-0.05, 0) is 38.1 Å². The predicted molar refractivity (Wildman–Crippen MR) is 94.8 cm³/mol. The van der Waals surface area contributed by atoms with E-state index in [2.05, 4.69) is 9.88 Å². The van der Waals surface area contributed by atoms with Crippen molar-refractivity contribution < 1.29 is 19.1 Å². The van der Waals surface area contributed by atoms with Crippen molar-refractivity contribution in [3.8, 4) is 5.75 Å². The number of anilines is 1. The van der Waals surface area contributed by atoms with Crippen LogP contribution in [0.15, 0.2) is 46.9 Å². The SMILES string of the molecule is CCN(CC)c1ccc(C(=O)OCc2nc3ccccc3o2)c(O)c1. The Hall–Kier alpha value is -3.02. The maximum absolute atomic E-state index is 12.2. The lowest BCUT2D eigenvalue weighted by Gasteiger charge is -2.21. The first-order chi connectivity index (χ1) is 12.1. The van der Waals surface area contributed by atoms with Crippen molar-refractivity contribution in [3.05, 3.63) is 53.9 Å². The number of aromatic hydroxyl groups is 1. The molecule has 130 valence electrons. The van der Waals surface area contributed by atoms with Crippen LogP contribution in [0.1, 0.15) is 30.1 Å². The molecule has 25 heavy (non-hydrogen) atoms. The highest BCUT2D eigenvalue weighted by atomic mass is 16.5.